The first-order chi connectivity index (χ1) is 13.0. The SMILES string of the molecule is C#CCOc1ccc(CCC(=O)NCc2ccc(C(C)O)cc2)cc1OC. The summed E-state index contributed by atoms with van der Waals surface area (Å²) in [7, 11) is 1.57. The van der Waals surface area contributed by atoms with Crippen LogP contribution >= 0.6 is 0 Å². The summed E-state index contributed by atoms with van der Waals surface area (Å²) in [5, 5.41) is 12.4. The lowest BCUT2D eigenvalue weighted by atomic mass is 10.1. The van der Waals surface area contributed by atoms with Gasteiger partial charge in [-0.15, -0.1) is 6.42 Å². The normalized spacial score (nSPS) is 11.3. The number of methoxy groups -OCH3 is 1. The third-order valence-electron chi connectivity index (χ3n) is 4.13. The molecule has 0 aromatic heterocycles. The van der Waals surface area contributed by atoms with E-state index in [1.807, 2.05) is 36.4 Å². The predicted octanol–water partition coefficient (Wildman–Crippen LogP) is 3.01. The van der Waals surface area contributed by atoms with Gasteiger partial charge in [-0.1, -0.05) is 36.3 Å². The molecule has 142 valence electrons. The average molecular weight is 367 g/mol. The largest absolute Gasteiger partial charge is 0.493 e. The van der Waals surface area contributed by atoms with Gasteiger partial charge in [0.25, 0.3) is 0 Å². The Hall–Kier alpha value is -2.97. The van der Waals surface area contributed by atoms with Crippen LogP contribution in [-0.4, -0.2) is 24.7 Å². The van der Waals surface area contributed by atoms with Gasteiger partial charge < -0.3 is 19.9 Å². The topological polar surface area (TPSA) is 67.8 Å². The molecule has 0 radical (unpaired) electrons. The molecule has 1 unspecified atom stereocenters. The Morgan fingerprint density at radius 1 is 1.19 bits per heavy atom. The third-order valence-corrected chi connectivity index (χ3v) is 4.13. The van der Waals surface area contributed by atoms with E-state index in [0.29, 0.717) is 30.9 Å². The molecule has 0 aliphatic rings. The molecule has 0 fully saturated rings. The van der Waals surface area contributed by atoms with Crippen LogP contribution < -0.4 is 14.8 Å². The minimum absolute atomic E-state index is 0.0266. The van der Waals surface area contributed by atoms with E-state index in [1.54, 1.807) is 20.1 Å². The maximum Gasteiger partial charge on any atom is 0.220 e. The van der Waals surface area contributed by atoms with Gasteiger partial charge in [0.15, 0.2) is 11.5 Å². The highest BCUT2D eigenvalue weighted by molar-refractivity contribution is 5.76. The van der Waals surface area contributed by atoms with Crippen LogP contribution in [-0.2, 0) is 17.8 Å². The fraction of sp³-hybridized carbons (Fsp3) is 0.318. The highest BCUT2D eigenvalue weighted by atomic mass is 16.5. The lowest BCUT2D eigenvalue weighted by molar-refractivity contribution is -0.121. The van der Waals surface area contributed by atoms with Gasteiger partial charge in [0, 0.05) is 13.0 Å². The van der Waals surface area contributed by atoms with Crippen LogP contribution in [0, 0.1) is 12.3 Å². The molecule has 0 aliphatic heterocycles. The summed E-state index contributed by atoms with van der Waals surface area (Å²) in [6.07, 6.45) is 5.68. The molecule has 0 saturated heterocycles. The van der Waals surface area contributed by atoms with E-state index >= 15 is 0 Å². The van der Waals surface area contributed by atoms with E-state index in [9.17, 15) is 9.90 Å². The molecule has 1 amide bonds. The molecule has 0 heterocycles. The zero-order valence-electron chi connectivity index (χ0n) is 15.7. The Bertz CT molecular complexity index is 791. The Labute approximate surface area is 160 Å². The highest BCUT2D eigenvalue weighted by Crippen LogP contribution is 2.28. The van der Waals surface area contributed by atoms with Crippen LogP contribution in [0.3, 0.4) is 0 Å². The number of aryl methyl sites for hydroxylation is 1. The van der Waals surface area contributed by atoms with Crippen LogP contribution in [0.25, 0.3) is 0 Å². The second kappa shape index (κ2) is 10.2. The first kappa shape index (κ1) is 20.3. The summed E-state index contributed by atoms with van der Waals surface area (Å²) in [4.78, 5) is 12.1. The Morgan fingerprint density at radius 3 is 2.52 bits per heavy atom. The smallest absolute Gasteiger partial charge is 0.220 e. The molecule has 0 aliphatic carbocycles. The molecular weight excluding hydrogens is 342 g/mol. The molecule has 2 aromatic carbocycles. The summed E-state index contributed by atoms with van der Waals surface area (Å²) < 4.78 is 10.7. The molecule has 0 saturated carbocycles. The number of ether oxygens (including phenoxy) is 2. The standard InChI is InChI=1S/C22H25NO4/c1-4-13-27-20-11-7-17(14-21(20)26-3)8-12-22(25)23-15-18-5-9-19(10-6-18)16(2)24/h1,5-7,9-11,14,16,24H,8,12-13,15H2,2-3H3,(H,23,25). The number of hydrogen-bond acceptors (Lipinski definition) is 4. The van der Waals surface area contributed by atoms with E-state index in [-0.39, 0.29) is 12.5 Å². The van der Waals surface area contributed by atoms with E-state index in [4.69, 9.17) is 15.9 Å². The minimum Gasteiger partial charge on any atom is -0.493 e. The second-order valence-electron chi connectivity index (χ2n) is 6.17. The number of benzene rings is 2. The summed E-state index contributed by atoms with van der Waals surface area (Å²) in [5.41, 5.74) is 2.83. The summed E-state index contributed by atoms with van der Waals surface area (Å²) in [6, 6.07) is 13.1. The fourth-order valence-electron chi connectivity index (χ4n) is 2.57. The predicted molar refractivity (Wildman–Crippen MR) is 105 cm³/mol. The maximum atomic E-state index is 12.1. The zero-order chi connectivity index (χ0) is 19.6. The number of aliphatic hydroxyl groups excluding tert-OH is 1. The second-order valence-corrected chi connectivity index (χ2v) is 6.17. The van der Waals surface area contributed by atoms with Crippen LogP contribution in [0.1, 0.15) is 36.1 Å². The van der Waals surface area contributed by atoms with E-state index in [1.165, 1.54) is 0 Å². The van der Waals surface area contributed by atoms with Crippen molar-refractivity contribution in [1.82, 2.24) is 5.32 Å². The van der Waals surface area contributed by atoms with Crippen LogP contribution in [0.2, 0.25) is 0 Å². The number of aliphatic hydroxyl groups is 1. The van der Waals surface area contributed by atoms with E-state index < -0.39 is 6.10 Å². The van der Waals surface area contributed by atoms with Gasteiger partial charge in [-0.25, -0.2) is 0 Å². The summed E-state index contributed by atoms with van der Waals surface area (Å²) >= 11 is 0. The molecule has 1 atom stereocenters. The molecule has 0 bridgehead atoms. The fourth-order valence-corrected chi connectivity index (χ4v) is 2.57. The van der Waals surface area contributed by atoms with Gasteiger partial charge in [-0.3, -0.25) is 4.79 Å². The van der Waals surface area contributed by atoms with Gasteiger partial charge in [-0.05, 0) is 42.2 Å². The number of rotatable bonds is 9. The number of nitrogens with one attached hydrogen (secondary N) is 1. The van der Waals surface area contributed by atoms with Crippen molar-refractivity contribution in [3.63, 3.8) is 0 Å². The molecule has 5 heteroatoms. The van der Waals surface area contributed by atoms with E-state index in [2.05, 4.69) is 11.2 Å². The Morgan fingerprint density at radius 2 is 1.89 bits per heavy atom. The molecule has 2 rings (SSSR count). The minimum atomic E-state index is -0.492. The molecule has 0 spiro atoms. The van der Waals surface area contributed by atoms with Crippen molar-refractivity contribution in [3.8, 4) is 23.8 Å². The van der Waals surface area contributed by atoms with Crippen molar-refractivity contribution in [2.75, 3.05) is 13.7 Å². The van der Waals surface area contributed by atoms with Gasteiger partial charge in [0.2, 0.25) is 5.91 Å². The molecule has 27 heavy (non-hydrogen) atoms. The zero-order valence-corrected chi connectivity index (χ0v) is 15.7. The van der Waals surface area contributed by atoms with Crippen molar-refractivity contribution in [1.29, 1.82) is 0 Å². The van der Waals surface area contributed by atoms with E-state index in [0.717, 1.165) is 16.7 Å². The molecule has 2 N–H and O–H groups in total. The molecule has 5 nitrogen and oxygen atoms in total. The number of terminal acetylenes is 1. The van der Waals surface area contributed by atoms with Gasteiger partial charge in [-0.2, -0.15) is 0 Å². The van der Waals surface area contributed by atoms with Crippen molar-refractivity contribution in [2.24, 2.45) is 0 Å². The summed E-state index contributed by atoms with van der Waals surface area (Å²) in [5.74, 6) is 3.57. The number of hydrogen-bond donors (Lipinski definition) is 2. The summed E-state index contributed by atoms with van der Waals surface area (Å²) in [6.45, 7) is 2.36. The van der Waals surface area contributed by atoms with Gasteiger partial charge >= 0.3 is 0 Å². The van der Waals surface area contributed by atoms with Crippen molar-refractivity contribution in [2.45, 2.75) is 32.4 Å². The van der Waals surface area contributed by atoms with Crippen molar-refractivity contribution in [3.05, 3.63) is 59.2 Å². The van der Waals surface area contributed by atoms with Crippen molar-refractivity contribution < 1.29 is 19.4 Å². The lowest BCUT2D eigenvalue weighted by Crippen LogP contribution is -2.23. The Balaban J connectivity index is 1.83. The Kier molecular flexibility index (Phi) is 7.72. The third kappa shape index (κ3) is 6.36. The monoisotopic (exact) mass is 367 g/mol. The van der Waals surface area contributed by atoms with Gasteiger partial charge in [0.05, 0.1) is 13.2 Å². The molecule has 2 aromatic rings. The first-order valence-electron chi connectivity index (χ1n) is 8.80. The average Bonchev–Trinajstić information content (AvgIpc) is 2.69. The van der Waals surface area contributed by atoms with Crippen LogP contribution in [0.15, 0.2) is 42.5 Å². The van der Waals surface area contributed by atoms with Gasteiger partial charge in [0.1, 0.15) is 6.61 Å². The number of amides is 1. The molecular formula is C22H25NO4. The highest BCUT2D eigenvalue weighted by Gasteiger charge is 2.08. The maximum absolute atomic E-state index is 12.1. The number of carbonyl (C=O) groups is 1. The van der Waals surface area contributed by atoms with Crippen LogP contribution in [0.4, 0.5) is 0 Å². The lowest BCUT2D eigenvalue weighted by Gasteiger charge is -2.11. The van der Waals surface area contributed by atoms with Crippen LogP contribution in [0.5, 0.6) is 11.5 Å². The first-order valence-corrected chi connectivity index (χ1v) is 8.80. The number of carbonyl (C=O) groups excluding carboxylic acids is 1. The van der Waals surface area contributed by atoms with Crippen molar-refractivity contribution >= 4 is 5.91 Å². The quantitative estimate of drug-likeness (QED) is 0.669.